The zero-order valence-corrected chi connectivity index (χ0v) is 12.7. The number of nitro benzene ring substituents is 1. The van der Waals surface area contributed by atoms with Crippen LogP contribution in [0.1, 0.15) is 6.92 Å². The number of hydrogen-bond acceptors (Lipinski definition) is 8. The number of amides is 1. The summed E-state index contributed by atoms with van der Waals surface area (Å²) in [5, 5.41) is 42.4. The van der Waals surface area contributed by atoms with E-state index in [4.69, 9.17) is 9.47 Å². The molecule has 1 saturated heterocycles. The largest absolute Gasteiger partial charge is 0.462 e. The molecule has 24 heavy (non-hydrogen) atoms. The second-order valence-corrected chi connectivity index (χ2v) is 5.31. The Morgan fingerprint density at radius 3 is 2.71 bits per heavy atom. The summed E-state index contributed by atoms with van der Waals surface area (Å²) in [6.07, 6.45) is -5.28. The maximum Gasteiger partial charge on any atom is 0.273 e. The van der Waals surface area contributed by atoms with Crippen LogP contribution < -0.4 is 10.1 Å². The molecular weight excluding hydrogens is 324 g/mol. The molecule has 1 heterocycles. The van der Waals surface area contributed by atoms with Crippen molar-refractivity contribution >= 4 is 11.6 Å². The van der Waals surface area contributed by atoms with E-state index in [2.05, 4.69) is 5.32 Å². The summed E-state index contributed by atoms with van der Waals surface area (Å²) in [6, 6.07) is 4.14. The number of hydrogen-bond donors (Lipinski definition) is 4. The molecule has 1 aliphatic heterocycles. The first-order valence-electron chi connectivity index (χ1n) is 7.14. The van der Waals surface area contributed by atoms with Crippen LogP contribution in [0.4, 0.5) is 5.69 Å². The van der Waals surface area contributed by atoms with Gasteiger partial charge in [0, 0.05) is 13.0 Å². The fourth-order valence-corrected chi connectivity index (χ4v) is 2.38. The lowest BCUT2D eigenvalue weighted by Gasteiger charge is -2.42. The minimum Gasteiger partial charge on any atom is -0.462 e. The van der Waals surface area contributed by atoms with Gasteiger partial charge in [-0.25, -0.2) is 0 Å². The number of rotatable bonds is 5. The fourth-order valence-electron chi connectivity index (χ4n) is 2.38. The van der Waals surface area contributed by atoms with Crippen molar-refractivity contribution in [1.29, 1.82) is 0 Å². The van der Waals surface area contributed by atoms with Gasteiger partial charge in [0.05, 0.1) is 17.6 Å². The number of carbonyl (C=O) groups is 1. The fraction of sp³-hybridized carbons (Fsp3) is 0.500. The SMILES string of the molecule is CC(=O)N[C@@H]1[C@H](Oc2cccc([N+](=O)[O-])c2)O[C@H](CO)[C@H](O)[C@@H]1O. The van der Waals surface area contributed by atoms with Gasteiger partial charge >= 0.3 is 0 Å². The van der Waals surface area contributed by atoms with Crippen LogP contribution in [0.15, 0.2) is 24.3 Å². The standard InChI is InChI=1S/C14H18N2O8/c1-7(18)15-11-13(20)12(19)10(6-17)24-14(11)23-9-4-2-3-8(5-9)16(21)22/h2-5,10-14,17,19-20H,6H2,1H3,(H,15,18)/t10-,11+,12+,13-,14-/m1/s1. The molecule has 0 aromatic heterocycles. The van der Waals surface area contributed by atoms with Gasteiger partial charge in [-0.05, 0) is 6.07 Å². The van der Waals surface area contributed by atoms with Gasteiger partial charge in [-0.3, -0.25) is 14.9 Å². The molecule has 1 amide bonds. The Morgan fingerprint density at radius 2 is 2.12 bits per heavy atom. The van der Waals surface area contributed by atoms with E-state index in [9.17, 15) is 30.2 Å². The van der Waals surface area contributed by atoms with Crippen molar-refractivity contribution in [3.05, 3.63) is 34.4 Å². The summed E-state index contributed by atoms with van der Waals surface area (Å²) in [4.78, 5) is 21.5. The molecule has 4 N–H and O–H groups in total. The highest BCUT2D eigenvalue weighted by Gasteiger charge is 2.46. The normalized spacial score (nSPS) is 29.8. The van der Waals surface area contributed by atoms with Crippen molar-refractivity contribution in [2.45, 2.75) is 37.6 Å². The predicted molar refractivity (Wildman–Crippen MR) is 79.1 cm³/mol. The Labute approximate surface area is 136 Å². The lowest BCUT2D eigenvalue weighted by atomic mass is 9.97. The Balaban J connectivity index is 2.24. The maximum absolute atomic E-state index is 11.3. The van der Waals surface area contributed by atoms with Gasteiger partial charge in [0.15, 0.2) is 0 Å². The summed E-state index contributed by atoms with van der Waals surface area (Å²) in [7, 11) is 0. The number of aliphatic hydroxyl groups is 3. The summed E-state index contributed by atoms with van der Waals surface area (Å²) in [6.45, 7) is 0.626. The lowest BCUT2D eigenvalue weighted by molar-refractivity contribution is -0.385. The molecule has 10 heteroatoms. The smallest absolute Gasteiger partial charge is 0.273 e. The summed E-state index contributed by atoms with van der Waals surface area (Å²) < 4.78 is 10.9. The Hall–Kier alpha value is -2.27. The van der Waals surface area contributed by atoms with Crippen molar-refractivity contribution in [2.75, 3.05) is 6.61 Å². The first kappa shape index (κ1) is 18.1. The first-order chi connectivity index (χ1) is 11.3. The Kier molecular flexibility index (Phi) is 5.67. The molecule has 1 aromatic rings. The maximum atomic E-state index is 11.3. The molecule has 1 aliphatic rings. The van der Waals surface area contributed by atoms with Crippen molar-refractivity contribution < 1.29 is 34.5 Å². The Morgan fingerprint density at radius 1 is 1.42 bits per heavy atom. The molecule has 2 rings (SSSR count). The van der Waals surface area contributed by atoms with Crippen LogP contribution in [-0.2, 0) is 9.53 Å². The molecule has 5 atom stereocenters. The minimum atomic E-state index is -1.46. The number of carbonyl (C=O) groups excluding carboxylic acids is 1. The summed E-state index contributed by atoms with van der Waals surface area (Å²) >= 11 is 0. The van der Waals surface area contributed by atoms with Gasteiger partial charge in [-0.15, -0.1) is 0 Å². The van der Waals surface area contributed by atoms with Crippen molar-refractivity contribution in [3.8, 4) is 5.75 Å². The second-order valence-electron chi connectivity index (χ2n) is 5.31. The van der Waals surface area contributed by atoms with Crippen LogP contribution in [0.5, 0.6) is 5.75 Å². The van der Waals surface area contributed by atoms with Crippen LogP contribution in [0.25, 0.3) is 0 Å². The molecule has 0 saturated carbocycles. The van der Waals surface area contributed by atoms with E-state index in [1.54, 1.807) is 0 Å². The molecule has 0 unspecified atom stereocenters. The predicted octanol–water partition coefficient (Wildman–Crippen LogP) is -1.08. The molecule has 1 aromatic carbocycles. The highest BCUT2D eigenvalue weighted by Crippen LogP contribution is 2.26. The van der Waals surface area contributed by atoms with Crippen molar-refractivity contribution in [1.82, 2.24) is 5.32 Å². The third-order valence-corrected chi connectivity index (χ3v) is 3.53. The topological polar surface area (TPSA) is 151 Å². The monoisotopic (exact) mass is 342 g/mol. The van der Waals surface area contributed by atoms with Crippen molar-refractivity contribution in [2.24, 2.45) is 0 Å². The lowest BCUT2D eigenvalue weighted by Crippen LogP contribution is -2.65. The molecule has 0 spiro atoms. The van der Waals surface area contributed by atoms with E-state index in [-0.39, 0.29) is 11.4 Å². The second kappa shape index (κ2) is 7.53. The van der Waals surface area contributed by atoms with E-state index < -0.39 is 48.1 Å². The quantitative estimate of drug-likeness (QED) is 0.389. The number of nitrogens with zero attached hydrogens (tertiary/aromatic N) is 1. The average Bonchev–Trinajstić information content (AvgIpc) is 2.54. The molecular formula is C14H18N2O8. The van der Waals surface area contributed by atoms with E-state index in [1.165, 1.54) is 25.1 Å². The minimum absolute atomic E-state index is 0.0739. The van der Waals surface area contributed by atoms with Gasteiger partial charge in [0.2, 0.25) is 12.2 Å². The van der Waals surface area contributed by atoms with E-state index in [1.807, 2.05) is 0 Å². The number of nitrogens with one attached hydrogen (secondary N) is 1. The van der Waals surface area contributed by atoms with Gasteiger partial charge in [-0.2, -0.15) is 0 Å². The van der Waals surface area contributed by atoms with Crippen LogP contribution in [0.3, 0.4) is 0 Å². The highest BCUT2D eigenvalue weighted by molar-refractivity contribution is 5.73. The molecule has 1 fully saturated rings. The van der Waals surface area contributed by atoms with Crippen LogP contribution in [0, 0.1) is 10.1 Å². The molecule has 132 valence electrons. The molecule has 0 bridgehead atoms. The molecule has 10 nitrogen and oxygen atoms in total. The van der Waals surface area contributed by atoms with Gasteiger partial charge < -0.3 is 30.1 Å². The highest BCUT2D eigenvalue weighted by atomic mass is 16.7. The molecule has 0 radical (unpaired) electrons. The molecule has 0 aliphatic carbocycles. The Bertz CT molecular complexity index is 610. The van der Waals surface area contributed by atoms with Gasteiger partial charge in [0.25, 0.3) is 5.69 Å². The third kappa shape index (κ3) is 3.97. The zero-order valence-electron chi connectivity index (χ0n) is 12.7. The number of aliphatic hydroxyl groups excluding tert-OH is 3. The van der Waals surface area contributed by atoms with Crippen molar-refractivity contribution in [3.63, 3.8) is 0 Å². The zero-order chi connectivity index (χ0) is 17.9. The number of ether oxygens (including phenoxy) is 2. The van der Waals surface area contributed by atoms with E-state index in [0.29, 0.717) is 0 Å². The van der Waals surface area contributed by atoms with Gasteiger partial charge in [-0.1, -0.05) is 6.07 Å². The number of benzene rings is 1. The first-order valence-corrected chi connectivity index (χ1v) is 7.14. The average molecular weight is 342 g/mol. The third-order valence-electron chi connectivity index (χ3n) is 3.53. The summed E-state index contributed by atoms with van der Waals surface area (Å²) in [5.74, 6) is -0.422. The van der Waals surface area contributed by atoms with E-state index in [0.717, 1.165) is 6.07 Å². The van der Waals surface area contributed by atoms with E-state index >= 15 is 0 Å². The number of nitro groups is 1. The van der Waals surface area contributed by atoms with Crippen LogP contribution in [0.2, 0.25) is 0 Å². The van der Waals surface area contributed by atoms with Gasteiger partial charge in [0.1, 0.15) is 30.1 Å². The number of non-ortho nitro benzene ring substituents is 1. The van der Waals surface area contributed by atoms with Crippen LogP contribution >= 0.6 is 0 Å². The van der Waals surface area contributed by atoms with Crippen LogP contribution in [-0.4, -0.2) is 63.4 Å². The summed E-state index contributed by atoms with van der Waals surface area (Å²) in [5.41, 5.74) is -0.210.